The molecule has 1 amide bonds. The van der Waals surface area contributed by atoms with Crippen LogP contribution in [0.3, 0.4) is 0 Å². The molecular weight excluding hydrogens is 482 g/mol. The van der Waals surface area contributed by atoms with E-state index in [1.807, 2.05) is 44.7 Å². The van der Waals surface area contributed by atoms with Crippen molar-refractivity contribution in [3.8, 4) is 16.9 Å². The lowest BCUT2D eigenvalue weighted by Crippen LogP contribution is -2.37. The van der Waals surface area contributed by atoms with Crippen LogP contribution in [-0.2, 0) is 11.3 Å². The highest BCUT2D eigenvalue weighted by molar-refractivity contribution is 5.97. The number of fused-ring (bicyclic) bond motifs is 2. The van der Waals surface area contributed by atoms with Gasteiger partial charge < -0.3 is 19.3 Å². The molecule has 1 atom stereocenters. The summed E-state index contributed by atoms with van der Waals surface area (Å²) in [4.78, 5) is 39.4. The molecule has 37 heavy (non-hydrogen) atoms. The van der Waals surface area contributed by atoms with E-state index >= 15 is 0 Å². The molecule has 1 aliphatic carbocycles. The van der Waals surface area contributed by atoms with E-state index in [4.69, 9.17) is 4.74 Å². The van der Waals surface area contributed by atoms with Gasteiger partial charge in [0.05, 0.1) is 16.9 Å². The number of pyridine rings is 1. The summed E-state index contributed by atoms with van der Waals surface area (Å²) in [5.74, 6) is -1.52. The first kappa shape index (κ1) is 24.9. The third-order valence-corrected chi connectivity index (χ3v) is 7.14. The van der Waals surface area contributed by atoms with Crippen LogP contribution in [0.25, 0.3) is 22.0 Å². The van der Waals surface area contributed by atoms with E-state index in [0.717, 1.165) is 24.0 Å². The number of carboxylic acid groups (broad SMARTS) is 1. The quantitative estimate of drug-likeness (QED) is 0.472. The Balaban J connectivity index is 1.69. The fourth-order valence-corrected chi connectivity index (χ4v) is 5.13. The number of rotatable bonds is 5. The second-order valence-corrected chi connectivity index (χ2v) is 10.8. The van der Waals surface area contributed by atoms with Gasteiger partial charge in [0.25, 0.3) is 0 Å². The number of nitrogens with zero attached hydrogens (tertiary/aromatic N) is 2. The average Bonchev–Trinajstić information content (AvgIpc) is 3.61. The second kappa shape index (κ2) is 8.68. The molecule has 1 fully saturated rings. The van der Waals surface area contributed by atoms with Crippen LogP contribution in [0.5, 0.6) is 5.75 Å². The zero-order valence-electron chi connectivity index (χ0n) is 21.0. The van der Waals surface area contributed by atoms with Crippen LogP contribution in [0.4, 0.5) is 8.78 Å². The third-order valence-electron chi connectivity index (χ3n) is 7.14. The molecule has 5 rings (SSSR count). The zero-order valence-corrected chi connectivity index (χ0v) is 21.0. The van der Waals surface area contributed by atoms with Crippen LogP contribution >= 0.6 is 0 Å². The average molecular weight is 511 g/mol. The predicted octanol–water partition coefficient (Wildman–Crippen LogP) is 5.75. The van der Waals surface area contributed by atoms with Gasteiger partial charge in [0.2, 0.25) is 11.3 Å². The van der Waals surface area contributed by atoms with E-state index in [-0.39, 0.29) is 34.6 Å². The fourth-order valence-electron chi connectivity index (χ4n) is 5.13. The zero-order chi connectivity index (χ0) is 26.8. The largest absolute Gasteiger partial charge is 0.477 e. The Labute approximate surface area is 212 Å². The van der Waals surface area contributed by atoms with E-state index < -0.39 is 29.0 Å². The molecule has 2 aliphatic rings. The number of halogens is 2. The van der Waals surface area contributed by atoms with Crippen molar-refractivity contribution in [2.75, 3.05) is 0 Å². The van der Waals surface area contributed by atoms with Crippen molar-refractivity contribution < 1.29 is 28.2 Å². The Morgan fingerprint density at radius 3 is 2.43 bits per heavy atom. The van der Waals surface area contributed by atoms with Crippen molar-refractivity contribution in [2.24, 2.45) is 5.41 Å². The first-order chi connectivity index (χ1) is 17.4. The van der Waals surface area contributed by atoms with Crippen molar-refractivity contribution in [3.05, 3.63) is 63.4 Å². The Hall–Kier alpha value is -3.75. The van der Waals surface area contributed by atoms with Gasteiger partial charge in [0, 0.05) is 29.8 Å². The third kappa shape index (κ3) is 4.26. The maximum absolute atomic E-state index is 13.7. The number of aromatic nitrogens is 1. The van der Waals surface area contributed by atoms with E-state index in [2.05, 4.69) is 0 Å². The maximum Gasteiger partial charge on any atom is 0.387 e. The first-order valence-electron chi connectivity index (χ1n) is 12.2. The second-order valence-electron chi connectivity index (χ2n) is 10.8. The summed E-state index contributed by atoms with van der Waals surface area (Å²) in [6.07, 6.45) is 2.71. The SMILES string of the molecule is CC1c2ccc(-c3ccc4c(=O)c(C(=O)O)cn(C5CC5)c4c3OC(F)F)cc2CN1C(=O)C(C)(C)C. The van der Waals surface area contributed by atoms with Crippen molar-refractivity contribution in [2.45, 2.75) is 65.8 Å². The van der Waals surface area contributed by atoms with Crippen molar-refractivity contribution in [1.29, 1.82) is 0 Å². The van der Waals surface area contributed by atoms with Crippen molar-refractivity contribution >= 4 is 22.8 Å². The number of aromatic carboxylic acids is 1. The molecule has 1 saturated carbocycles. The van der Waals surface area contributed by atoms with Crippen LogP contribution in [0.15, 0.2) is 41.3 Å². The predicted molar refractivity (Wildman–Crippen MR) is 134 cm³/mol. The molecule has 2 aromatic carbocycles. The van der Waals surface area contributed by atoms with E-state index in [0.29, 0.717) is 17.7 Å². The number of hydrogen-bond donors (Lipinski definition) is 1. The summed E-state index contributed by atoms with van der Waals surface area (Å²) in [5.41, 5.74) is 1.32. The molecule has 0 saturated heterocycles. The van der Waals surface area contributed by atoms with E-state index in [9.17, 15) is 28.3 Å². The van der Waals surface area contributed by atoms with Gasteiger partial charge in [-0.2, -0.15) is 8.78 Å². The van der Waals surface area contributed by atoms with Crippen molar-refractivity contribution in [3.63, 3.8) is 0 Å². The van der Waals surface area contributed by atoms with Gasteiger partial charge in [0.1, 0.15) is 5.56 Å². The first-order valence-corrected chi connectivity index (χ1v) is 12.2. The Morgan fingerprint density at radius 2 is 1.84 bits per heavy atom. The van der Waals surface area contributed by atoms with Crippen LogP contribution in [0.2, 0.25) is 0 Å². The summed E-state index contributed by atoms with van der Waals surface area (Å²) in [6.45, 7) is 4.82. The summed E-state index contributed by atoms with van der Waals surface area (Å²) in [6, 6.07) is 8.32. The van der Waals surface area contributed by atoms with Crippen LogP contribution in [-0.4, -0.2) is 33.1 Å². The Morgan fingerprint density at radius 1 is 1.14 bits per heavy atom. The van der Waals surface area contributed by atoms with Gasteiger partial charge in [-0.05, 0) is 54.7 Å². The minimum Gasteiger partial charge on any atom is -0.477 e. The molecule has 0 bridgehead atoms. The summed E-state index contributed by atoms with van der Waals surface area (Å²) in [7, 11) is 0. The molecule has 1 aliphatic heterocycles. The van der Waals surface area contributed by atoms with Crippen LogP contribution in [0.1, 0.15) is 74.1 Å². The molecule has 0 spiro atoms. The van der Waals surface area contributed by atoms with Gasteiger partial charge in [-0.3, -0.25) is 9.59 Å². The Bertz CT molecular complexity index is 1500. The number of amides is 1. The lowest BCUT2D eigenvalue weighted by molar-refractivity contribution is -0.141. The highest BCUT2D eigenvalue weighted by atomic mass is 19.3. The molecule has 1 unspecified atom stereocenters. The topological polar surface area (TPSA) is 88.8 Å². The summed E-state index contributed by atoms with van der Waals surface area (Å²) < 4.78 is 34.0. The van der Waals surface area contributed by atoms with Gasteiger partial charge in [-0.15, -0.1) is 0 Å². The highest BCUT2D eigenvalue weighted by Gasteiger charge is 2.36. The highest BCUT2D eigenvalue weighted by Crippen LogP contribution is 2.45. The molecule has 9 heteroatoms. The number of benzene rings is 2. The lowest BCUT2D eigenvalue weighted by atomic mass is 9.94. The standard InChI is InChI=1S/C28H28F2N2O5/c1-14-18-8-5-15(11-16(18)12-31(14)26(36)28(2,3)4)19-9-10-20-22(24(19)37-27(29)30)32(17-6-7-17)13-21(23(20)33)25(34)35/h5,8-11,13-14,17,27H,6-7,12H2,1-4H3,(H,34,35). The van der Waals surface area contributed by atoms with Gasteiger partial charge >= 0.3 is 12.6 Å². The van der Waals surface area contributed by atoms with E-state index in [1.54, 1.807) is 10.6 Å². The normalized spacial score (nSPS) is 17.4. The fraction of sp³-hybridized carbons (Fsp3) is 0.393. The number of alkyl halides is 2. The number of ether oxygens (including phenoxy) is 1. The smallest absolute Gasteiger partial charge is 0.387 e. The number of carbonyl (C=O) groups excluding carboxylic acids is 1. The number of carbonyl (C=O) groups is 2. The van der Waals surface area contributed by atoms with Gasteiger partial charge in [0.15, 0.2) is 5.75 Å². The minimum atomic E-state index is -3.15. The maximum atomic E-state index is 13.7. The van der Waals surface area contributed by atoms with Crippen LogP contribution < -0.4 is 10.2 Å². The summed E-state index contributed by atoms with van der Waals surface area (Å²) >= 11 is 0. The number of carboxylic acids is 1. The Kier molecular flexibility index (Phi) is 5.84. The molecule has 1 aromatic heterocycles. The molecule has 7 nitrogen and oxygen atoms in total. The molecular formula is C28H28F2N2O5. The molecule has 3 aromatic rings. The van der Waals surface area contributed by atoms with Crippen LogP contribution in [0, 0.1) is 5.41 Å². The van der Waals surface area contributed by atoms with Crippen molar-refractivity contribution in [1.82, 2.24) is 9.47 Å². The minimum absolute atomic E-state index is 0.0166. The summed E-state index contributed by atoms with van der Waals surface area (Å²) in [5, 5.41) is 9.54. The molecule has 0 radical (unpaired) electrons. The van der Waals surface area contributed by atoms with Gasteiger partial charge in [-0.25, -0.2) is 4.79 Å². The molecule has 194 valence electrons. The monoisotopic (exact) mass is 510 g/mol. The number of hydrogen-bond acceptors (Lipinski definition) is 4. The van der Waals surface area contributed by atoms with Gasteiger partial charge in [-0.1, -0.05) is 32.9 Å². The van der Waals surface area contributed by atoms with E-state index in [1.165, 1.54) is 18.3 Å². The molecule has 1 N–H and O–H groups in total. The lowest BCUT2D eigenvalue weighted by Gasteiger charge is -2.29. The molecule has 2 heterocycles.